The van der Waals surface area contributed by atoms with Crippen LogP contribution in [0.25, 0.3) is 0 Å². The number of halogens is 3. The molecule has 0 heterocycles. The maximum absolute atomic E-state index is 11.8. The summed E-state index contributed by atoms with van der Waals surface area (Å²) in [4.78, 5) is 11.8. The minimum Gasteiger partial charge on any atom is -0.291 e. The number of alkyl halides is 2. The molecular weight excluding hydrogens is 376 g/mol. The molecule has 2 aliphatic rings. The molecule has 72 valence electrons. The molecule has 2 rings (SSSR count). The van der Waals surface area contributed by atoms with Crippen LogP contribution in [0.15, 0.2) is 46.0 Å². The number of Topliss-reactive ketones (excluding diaryl/α,β-unsaturated/α-hetero) is 1. The van der Waals surface area contributed by atoms with Gasteiger partial charge in [0, 0.05) is 0 Å². The standard InChI is InChI=1S/C10H5Br3O/c11-8-6-4-2-1-3-5-7(6)10(12,13)9(8)14/h1-5H. The molecule has 0 unspecified atom stereocenters. The summed E-state index contributed by atoms with van der Waals surface area (Å²) in [7, 11) is 0. The van der Waals surface area contributed by atoms with E-state index >= 15 is 0 Å². The third-order valence-corrected chi connectivity index (χ3v) is 4.46. The fourth-order valence-electron chi connectivity index (χ4n) is 1.39. The highest BCUT2D eigenvalue weighted by Crippen LogP contribution is 2.50. The predicted octanol–water partition coefficient (Wildman–Crippen LogP) is 3.76. The highest BCUT2D eigenvalue weighted by Gasteiger charge is 2.45. The molecular formula is C10H5Br3O. The van der Waals surface area contributed by atoms with Gasteiger partial charge in [-0.3, -0.25) is 4.79 Å². The molecule has 0 N–H and O–H groups in total. The number of ketones is 1. The molecule has 0 bridgehead atoms. The van der Waals surface area contributed by atoms with Gasteiger partial charge < -0.3 is 0 Å². The lowest BCUT2D eigenvalue weighted by Crippen LogP contribution is -2.21. The van der Waals surface area contributed by atoms with Gasteiger partial charge in [0.1, 0.15) is 0 Å². The summed E-state index contributed by atoms with van der Waals surface area (Å²) in [5.41, 5.74) is 1.85. The Labute approximate surface area is 107 Å². The van der Waals surface area contributed by atoms with Gasteiger partial charge in [0.2, 0.25) is 5.78 Å². The minimum absolute atomic E-state index is 0.00120. The van der Waals surface area contributed by atoms with Crippen molar-refractivity contribution in [3.05, 3.63) is 46.0 Å². The third kappa shape index (κ3) is 1.44. The van der Waals surface area contributed by atoms with Crippen molar-refractivity contribution in [2.24, 2.45) is 0 Å². The van der Waals surface area contributed by atoms with Crippen LogP contribution in [0, 0.1) is 0 Å². The molecule has 2 aliphatic carbocycles. The van der Waals surface area contributed by atoms with Crippen molar-refractivity contribution in [2.75, 3.05) is 0 Å². The van der Waals surface area contributed by atoms with Crippen LogP contribution in [0.3, 0.4) is 0 Å². The van der Waals surface area contributed by atoms with Crippen molar-refractivity contribution in [3.8, 4) is 0 Å². The smallest absolute Gasteiger partial charge is 0.202 e. The highest BCUT2D eigenvalue weighted by atomic mass is 79.9. The zero-order valence-electron chi connectivity index (χ0n) is 6.93. The monoisotopic (exact) mass is 378 g/mol. The maximum atomic E-state index is 11.8. The van der Waals surface area contributed by atoms with Crippen molar-refractivity contribution in [1.82, 2.24) is 0 Å². The summed E-state index contributed by atoms with van der Waals surface area (Å²) in [5, 5.41) is 0. The zero-order valence-corrected chi connectivity index (χ0v) is 11.7. The van der Waals surface area contributed by atoms with Crippen molar-refractivity contribution in [3.63, 3.8) is 0 Å². The second-order valence-corrected chi connectivity index (χ2v) is 7.19. The number of allylic oxidation sites excluding steroid dienone is 8. The molecule has 0 aromatic rings. The van der Waals surface area contributed by atoms with Crippen LogP contribution >= 0.6 is 47.8 Å². The Morgan fingerprint density at radius 3 is 2.57 bits per heavy atom. The summed E-state index contributed by atoms with van der Waals surface area (Å²) >= 11 is 10.1. The Hall–Kier alpha value is 0.0700. The number of carbonyl (C=O) groups excluding carboxylic acids is 1. The second-order valence-electron chi connectivity index (χ2n) is 2.96. The molecule has 0 fully saturated rings. The lowest BCUT2D eigenvalue weighted by Gasteiger charge is -2.13. The van der Waals surface area contributed by atoms with Crippen LogP contribution in [0.2, 0.25) is 0 Å². The summed E-state index contributed by atoms with van der Waals surface area (Å²) in [6.45, 7) is 0. The predicted molar refractivity (Wildman–Crippen MR) is 67.9 cm³/mol. The average Bonchev–Trinajstić information content (AvgIpc) is 2.41. The third-order valence-electron chi connectivity index (χ3n) is 2.10. The summed E-state index contributed by atoms with van der Waals surface area (Å²) < 4.78 is -0.162. The molecule has 0 spiro atoms. The van der Waals surface area contributed by atoms with E-state index < -0.39 is 3.23 Å². The average molecular weight is 381 g/mol. The molecule has 0 saturated heterocycles. The van der Waals surface area contributed by atoms with E-state index in [1.165, 1.54) is 0 Å². The Kier molecular flexibility index (Phi) is 2.70. The Morgan fingerprint density at radius 2 is 1.86 bits per heavy atom. The van der Waals surface area contributed by atoms with Gasteiger partial charge in [0.05, 0.1) is 4.48 Å². The largest absolute Gasteiger partial charge is 0.291 e. The van der Waals surface area contributed by atoms with E-state index in [0.29, 0.717) is 4.48 Å². The normalized spacial score (nSPS) is 23.6. The molecule has 4 heteroatoms. The van der Waals surface area contributed by atoms with Crippen LogP contribution in [0.4, 0.5) is 0 Å². The molecule has 0 aliphatic heterocycles. The van der Waals surface area contributed by atoms with Crippen molar-refractivity contribution >= 4 is 53.6 Å². The van der Waals surface area contributed by atoms with Gasteiger partial charge in [-0.15, -0.1) is 0 Å². The fraction of sp³-hybridized carbons (Fsp3) is 0.100. The minimum atomic E-state index is -0.771. The fourth-order valence-corrected chi connectivity index (χ4v) is 3.66. The van der Waals surface area contributed by atoms with E-state index in [-0.39, 0.29) is 5.78 Å². The molecule has 0 atom stereocenters. The van der Waals surface area contributed by atoms with E-state index in [4.69, 9.17) is 0 Å². The molecule has 0 radical (unpaired) electrons. The highest BCUT2D eigenvalue weighted by molar-refractivity contribution is 9.26. The SMILES string of the molecule is O=C1C(Br)=C2C=CC=CC=C2C1(Br)Br. The van der Waals surface area contributed by atoms with Crippen molar-refractivity contribution < 1.29 is 4.79 Å². The van der Waals surface area contributed by atoms with E-state index in [1.54, 1.807) is 0 Å². The van der Waals surface area contributed by atoms with E-state index in [9.17, 15) is 4.79 Å². The number of rotatable bonds is 0. The van der Waals surface area contributed by atoms with Gasteiger partial charge in [-0.1, -0.05) is 62.2 Å². The van der Waals surface area contributed by atoms with Crippen molar-refractivity contribution in [2.45, 2.75) is 3.23 Å². The molecule has 0 aromatic heterocycles. The molecule has 14 heavy (non-hydrogen) atoms. The quantitative estimate of drug-likeness (QED) is 0.585. The van der Waals surface area contributed by atoms with Crippen LogP contribution in [-0.2, 0) is 4.79 Å². The van der Waals surface area contributed by atoms with Gasteiger partial charge >= 0.3 is 0 Å². The van der Waals surface area contributed by atoms with Gasteiger partial charge in [0.25, 0.3) is 0 Å². The molecule has 0 amide bonds. The van der Waals surface area contributed by atoms with E-state index in [0.717, 1.165) is 11.1 Å². The number of fused-ring (bicyclic) bond motifs is 1. The van der Waals surface area contributed by atoms with Gasteiger partial charge in [-0.2, -0.15) is 0 Å². The van der Waals surface area contributed by atoms with Crippen LogP contribution in [0.1, 0.15) is 0 Å². The van der Waals surface area contributed by atoms with Gasteiger partial charge in [-0.25, -0.2) is 0 Å². The lowest BCUT2D eigenvalue weighted by atomic mass is 10.1. The summed E-state index contributed by atoms with van der Waals surface area (Å²) in [6.07, 6.45) is 9.59. The van der Waals surface area contributed by atoms with E-state index in [2.05, 4.69) is 47.8 Å². The second kappa shape index (κ2) is 3.58. The first-order valence-electron chi connectivity index (χ1n) is 3.93. The zero-order chi connectivity index (χ0) is 10.3. The number of hydrogen-bond acceptors (Lipinski definition) is 1. The van der Waals surface area contributed by atoms with Crippen LogP contribution < -0.4 is 0 Å². The van der Waals surface area contributed by atoms with Crippen molar-refractivity contribution in [1.29, 1.82) is 0 Å². The van der Waals surface area contributed by atoms with Gasteiger partial charge in [0.15, 0.2) is 3.23 Å². The van der Waals surface area contributed by atoms with Gasteiger partial charge in [-0.05, 0) is 27.1 Å². The first-order chi connectivity index (χ1) is 6.55. The lowest BCUT2D eigenvalue weighted by molar-refractivity contribution is -0.113. The maximum Gasteiger partial charge on any atom is 0.202 e. The molecule has 0 saturated carbocycles. The number of carbonyl (C=O) groups is 1. The van der Waals surface area contributed by atoms with Crippen LogP contribution in [-0.4, -0.2) is 9.02 Å². The number of hydrogen-bond donors (Lipinski definition) is 0. The molecule has 0 aromatic carbocycles. The van der Waals surface area contributed by atoms with Crippen LogP contribution in [0.5, 0.6) is 0 Å². The summed E-state index contributed by atoms with van der Waals surface area (Å²) in [5.74, 6) is -0.00120. The first kappa shape index (κ1) is 10.6. The Balaban J connectivity index is 2.66. The summed E-state index contributed by atoms with van der Waals surface area (Å²) in [6, 6.07) is 0. The first-order valence-corrected chi connectivity index (χ1v) is 6.31. The Bertz CT molecular complexity index is 425. The molecule has 1 nitrogen and oxygen atoms in total. The Morgan fingerprint density at radius 1 is 1.14 bits per heavy atom. The topological polar surface area (TPSA) is 17.1 Å². The van der Waals surface area contributed by atoms with E-state index in [1.807, 2.05) is 30.4 Å².